The molecule has 1 rings (SSSR count). The fourth-order valence-electron chi connectivity index (χ4n) is 1.27. The lowest BCUT2D eigenvalue weighted by Crippen LogP contribution is -3.06. The van der Waals surface area contributed by atoms with Crippen LogP contribution in [0.5, 0.6) is 0 Å². The van der Waals surface area contributed by atoms with Gasteiger partial charge in [0.2, 0.25) is 0 Å². The predicted octanol–water partition coefficient (Wildman–Crippen LogP) is -7.84. The van der Waals surface area contributed by atoms with Gasteiger partial charge < -0.3 is 58.2 Å². The number of nitrogens with one attached hydrogen (secondary N) is 3. The van der Waals surface area contributed by atoms with Crippen LogP contribution in [-0.4, -0.2) is 34.7 Å². The van der Waals surface area contributed by atoms with E-state index in [4.69, 9.17) is 0 Å². The zero-order valence-electron chi connectivity index (χ0n) is 9.99. The Labute approximate surface area is 139 Å². The molecule has 0 aromatic carbocycles. The highest BCUT2D eigenvalue weighted by Gasteiger charge is 2.12. The molecule has 0 radical (unpaired) electrons. The van der Waals surface area contributed by atoms with Gasteiger partial charge in [-0.2, -0.15) is 0 Å². The van der Waals surface area contributed by atoms with Gasteiger partial charge in [0.15, 0.2) is 0 Å². The van der Waals surface area contributed by atoms with Crippen LogP contribution in [0.4, 0.5) is 5.00 Å². The van der Waals surface area contributed by atoms with Crippen LogP contribution >= 0.6 is 20.7 Å². The van der Waals surface area contributed by atoms with E-state index in [0.29, 0.717) is 0 Å². The summed E-state index contributed by atoms with van der Waals surface area (Å²) in [4.78, 5) is 4.74. The summed E-state index contributed by atoms with van der Waals surface area (Å²) in [5, 5.41) is 4.56. The monoisotopic (exact) mass is 487 g/mol. The normalized spacial score (nSPS) is 10.9. The molecule has 0 amide bonds. The second-order valence-electron chi connectivity index (χ2n) is 3.51. The Hall–Kier alpha value is 1.07. The van der Waals surface area contributed by atoms with Gasteiger partial charge in [-0.25, -0.2) is 4.99 Å². The van der Waals surface area contributed by atoms with Gasteiger partial charge in [-0.3, -0.25) is 0 Å². The minimum absolute atomic E-state index is 0. The molecule has 0 saturated heterocycles. The van der Waals surface area contributed by atoms with E-state index >= 15 is 0 Å². The van der Waals surface area contributed by atoms with Gasteiger partial charge in [0.1, 0.15) is 12.0 Å². The molecular formula is C9H19I2N3S2. The first-order chi connectivity index (χ1) is 6.69. The first-order valence-corrected chi connectivity index (χ1v) is 6.93. The van der Waals surface area contributed by atoms with E-state index in [9.17, 15) is 0 Å². The minimum Gasteiger partial charge on any atom is -1.00 e. The van der Waals surface area contributed by atoms with E-state index in [1.807, 2.05) is 34.8 Å². The molecule has 0 aliphatic carbocycles. The van der Waals surface area contributed by atoms with Gasteiger partial charge in [-0.1, -0.05) is 10.3 Å². The van der Waals surface area contributed by atoms with E-state index in [1.165, 1.54) is 26.7 Å². The van der Waals surface area contributed by atoms with Crippen LogP contribution in [0.1, 0.15) is 5.56 Å². The van der Waals surface area contributed by atoms with Crippen LogP contribution in [-0.2, 0) is 6.42 Å². The highest BCUT2D eigenvalue weighted by molar-refractivity contribution is 7.70. The van der Waals surface area contributed by atoms with Gasteiger partial charge in [0.25, 0.3) is 4.67 Å². The van der Waals surface area contributed by atoms with Crippen LogP contribution in [0.2, 0.25) is 0 Å². The third-order valence-electron chi connectivity index (χ3n) is 2.09. The SMILES string of the molecule is CNc1ssc(=[NH+]C)c1CC[NH+](C)C.[I-].[I-]. The van der Waals surface area contributed by atoms with Crippen LogP contribution in [0.25, 0.3) is 0 Å². The van der Waals surface area contributed by atoms with Gasteiger partial charge in [0, 0.05) is 13.5 Å². The fraction of sp³-hybridized carbons (Fsp3) is 0.667. The van der Waals surface area contributed by atoms with E-state index in [0.717, 1.165) is 6.42 Å². The number of hydrogen-bond donors (Lipinski definition) is 3. The molecule has 0 saturated carbocycles. The molecular weight excluding hydrogens is 468 g/mol. The molecule has 1 aromatic rings. The maximum absolute atomic E-state index is 3.25. The van der Waals surface area contributed by atoms with Crippen molar-refractivity contribution in [3.05, 3.63) is 10.2 Å². The van der Waals surface area contributed by atoms with Crippen molar-refractivity contribution in [1.82, 2.24) is 0 Å². The number of quaternary nitrogens is 1. The highest BCUT2D eigenvalue weighted by atomic mass is 127. The summed E-state index contributed by atoms with van der Waals surface area (Å²) in [6, 6.07) is 0. The second-order valence-corrected chi connectivity index (χ2v) is 5.66. The molecule has 96 valence electrons. The summed E-state index contributed by atoms with van der Waals surface area (Å²) in [6.07, 6.45) is 1.13. The van der Waals surface area contributed by atoms with Crippen molar-refractivity contribution >= 4 is 25.7 Å². The van der Waals surface area contributed by atoms with Crippen molar-refractivity contribution in [2.75, 3.05) is 40.1 Å². The zero-order chi connectivity index (χ0) is 10.6. The number of anilines is 1. The van der Waals surface area contributed by atoms with Gasteiger partial charge >= 0.3 is 0 Å². The number of rotatable bonds is 4. The molecule has 0 bridgehead atoms. The summed E-state index contributed by atoms with van der Waals surface area (Å²) >= 11 is 0. The Morgan fingerprint density at radius 2 is 1.88 bits per heavy atom. The summed E-state index contributed by atoms with van der Waals surface area (Å²) in [7, 11) is 12.0. The smallest absolute Gasteiger partial charge is 0.270 e. The molecule has 7 heteroatoms. The van der Waals surface area contributed by atoms with Crippen molar-refractivity contribution in [2.24, 2.45) is 0 Å². The second kappa shape index (κ2) is 10.0. The average Bonchev–Trinajstić information content (AvgIpc) is 2.56. The van der Waals surface area contributed by atoms with Crippen molar-refractivity contribution < 1.29 is 57.8 Å². The maximum Gasteiger partial charge on any atom is 0.270 e. The molecule has 0 atom stereocenters. The van der Waals surface area contributed by atoms with Crippen molar-refractivity contribution in [1.29, 1.82) is 0 Å². The molecule has 0 unspecified atom stereocenters. The molecule has 1 aromatic heterocycles. The van der Waals surface area contributed by atoms with Gasteiger partial charge in [-0.15, -0.1) is 0 Å². The Kier molecular flexibility index (Phi) is 12.2. The molecule has 0 spiro atoms. The van der Waals surface area contributed by atoms with E-state index < -0.39 is 0 Å². The lowest BCUT2D eigenvalue weighted by molar-refractivity contribution is -0.858. The molecule has 16 heavy (non-hydrogen) atoms. The third kappa shape index (κ3) is 5.61. The maximum atomic E-state index is 3.25. The molecule has 0 aliphatic rings. The first kappa shape index (κ1) is 19.4. The standard InChI is InChI=1S/C9H17N3S2.2HI/c1-10-8-7(5-6-12(3)4)9(11-2)14-13-8;;/h10H,5-6H2,1-4H3;2*1H. The van der Waals surface area contributed by atoms with Crippen molar-refractivity contribution in [3.8, 4) is 0 Å². The third-order valence-corrected chi connectivity index (χ3v) is 4.65. The molecule has 3 N–H and O–H groups in total. The van der Waals surface area contributed by atoms with E-state index in [-0.39, 0.29) is 48.0 Å². The van der Waals surface area contributed by atoms with Crippen LogP contribution in [0.3, 0.4) is 0 Å². The Balaban J connectivity index is 0. The van der Waals surface area contributed by atoms with Gasteiger partial charge in [0.05, 0.1) is 26.2 Å². The summed E-state index contributed by atoms with van der Waals surface area (Å²) in [6.45, 7) is 1.17. The number of likely N-dealkylation sites (N-methyl/N-ethyl adjacent to an activating group) is 1. The largest absolute Gasteiger partial charge is 1.00 e. The van der Waals surface area contributed by atoms with Crippen molar-refractivity contribution in [3.63, 3.8) is 0 Å². The summed E-state index contributed by atoms with van der Waals surface area (Å²) < 4.78 is 1.31. The number of hydrogen-bond acceptors (Lipinski definition) is 3. The summed E-state index contributed by atoms with van der Waals surface area (Å²) in [5.74, 6) is 0. The zero-order valence-corrected chi connectivity index (χ0v) is 15.9. The Bertz CT molecular complexity index is 347. The molecule has 0 fully saturated rings. The lowest BCUT2D eigenvalue weighted by Gasteiger charge is -2.05. The topological polar surface area (TPSA) is 30.4 Å². The van der Waals surface area contributed by atoms with Crippen LogP contribution in [0.15, 0.2) is 0 Å². The fourth-order valence-corrected chi connectivity index (χ4v) is 3.89. The van der Waals surface area contributed by atoms with Gasteiger partial charge in [-0.05, 0) is 10.3 Å². The van der Waals surface area contributed by atoms with Crippen molar-refractivity contribution in [2.45, 2.75) is 6.42 Å². The lowest BCUT2D eigenvalue weighted by atomic mass is 10.2. The van der Waals surface area contributed by atoms with Crippen LogP contribution < -0.4 is 67.8 Å². The molecule has 3 nitrogen and oxygen atoms in total. The van der Waals surface area contributed by atoms with E-state index in [1.54, 1.807) is 0 Å². The predicted molar refractivity (Wildman–Crippen MR) is 63.1 cm³/mol. The van der Waals surface area contributed by atoms with Crippen LogP contribution in [0, 0.1) is 0 Å². The average molecular weight is 487 g/mol. The summed E-state index contributed by atoms with van der Waals surface area (Å²) in [5.41, 5.74) is 1.44. The highest BCUT2D eigenvalue weighted by Crippen LogP contribution is 2.21. The molecule has 0 aliphatic heterocycles. The first-order valence-electron chi connectivity index (χ1n) is 4.78. The quantitative estimate of drug-likeness (QED) is 0.286. The molecule has 1 heterocycles. The van der Waals surface area contributed by atoms with E-state index in [2.05, 4.69) is 24.4 Å². The number of halogens is 2. The Morgan fingerprint density at radius 1 is 1.25 bits per heavy atom. The minimum atomic E-state index is 0. The Morgan fingerprint density at radius 3 is 2.31 bits per heavy atom.